The van der Waals surface area contributed by atoms with Crippen molar-refractivity contribution in [1.82, 2.24) is 0 Å². The number of hydrogen-bond acceptors (Lipinski definition) is 1. The number of ketones is 1. The summed E-state index contributed by atoms with van der Waals surface area (Å²) in [5.41, 5.74) is 0.948. The van der Waals surface area contributed by atoms with Crippen LogP contribution in [0.4, 0.5) is 4.39 Å². The summed E-state index contributed by atoms with van der Waals surface area (Å²) >= 11 is 0. The van der Waals surface area contributed by atoms with Gasteiger partial charge in [0.2, 0.25) is 0 Å². The van der Waals surface area contributed by atoms with Gasteiger partial charge >= 0.3 is 0 Å². The molecule has 2 heteroatoms. The van der Waals surface area contributed by atoms with Crippen molar-refractivity contribution in [1.29, 1.82) is 0 Å². The Kier molecular flexibility index (Phi) is 2.59. The van der Waals surface area contributed by atoms with Crippen LogP contribution in [0.2, 0.25) is 0 Å². The van der Waals surface area contributed by atoms with E-state index in [4.69, 9.17) is 0 Å². The number of carbonyl (C=O) groups excluding carboxylic acids is 1. The fourth-order valence-corrected chi connectivity index (χ4v) is 1.39. The predicted octanol–water partition coefficient (Wildman–Crippen LogP) is 3.06. The van der Waals surface area contributed by atoms with Crippen LogP contribution in [0.5, 0.6) is 0 Å². The van der Waals surface area contributed by atoms with Crippen LogP contribution < -0.4 is 0 Å². The Bertz CT molecular complexity index is 477. The molecule has 0 bridgehead atoms. The van der Waals surface area contributed by atoms with E-state index in [0.717, 1.165) is 0 Å². The summed E-state index contributed by atoms with van der Waals surface area (Å²) in [6.07, 6.45) is 0. The topological polar surface area (TPSA) is 17.1 Å². The van der Waals surface area contributed by atoms with Gasteiger partial charge in [0.05, 0.1) is 0 Å². The summed E-state index contributed by atoms with van der Waals surface area (Å²) in [6, 6.07) is 14.5. The zero-order valence-corrected chi connectivity index (χ0v) is 7.98. The van der Waals surface area contributed by atoms with Crippen LogP contribution in [0.1, 0.15) is 15.9 Å². The molecule has 0 fully saturated rings. The Morgan fingerprint density at radius 3 is 2.20 bits per heavy atom. The first-order valence-electron chi connectivity index (χ1n) is 4.63. The first-order chi connectivity index (χ1) is 7.27. The van der Waals surface area contributed by atoms with Crippen LogP contribution in [0.15, 0.2) is 54.6 Å². The molecule has 0 atom stereocenters. The maximum atomic E-state index is 12.9. The molecular formula is C13H9FO. The Morgan fingerprint density at radius 2 is 1.53 bits per heavy atom. The lowest BCUT2D eigenvalue weighted by molar-refractivity contribution is 0.103. The first kappa shape index (κ1) is 9.59. The first-order valence-corrected chi connectivity index (χ1v) is 4.63. The van der Waals surface area contributed by atoms with E-state index in [1.807, 2.05) is 6.07 Å². The van der Waals surface area contributed by atoms with Crippen LogP contribution >= 0.6 is 0 Å². The molecule has 15 heavy (non-hydrogen) atoms. The molecule has 74 valence electrons. The van der Waals surface area contributed by atoms with Crippen LogP contribution in [0.3, 0.4) is 0 Å². The fourth-order valence-electron chi connectivity index (χ4n) is 1.39. The van der Waals surface area contributed by atoms with Gasteiger partial charge in [-0.25, -0.2) is 4.39 Å². The van der Waals surface area contributed by atoms with Crippen molar-refractivity contribution in [3.63, 3.8) is 0 Å². The van der Waals surface area contributed by atoms with Crippen molar-refractivity contribution in [2.45, 2.75) is 0 Å². The molecule has 0 amide bonds. The minimum absolute atomic E-state index is 0.157. The van der Waals surface area contributed by atoms with Gasteiger partial charge in [-0.15, -0.1) is 0 Å². The summed E-state index contributed by atoms with van der Waals surface area (Å²) in [5, 5.41) is 0. The Morgan fingerprint density at radius 1 is 0.867 bits per heavy atom. The predicted molar refractivity (Wildman–Crippen MR) is 56.3 cm³/mol. The molecular weight excluding hydrogens is 190 g/mol. The van der Waals surface area contributed by atoms with Gasteiger partial charge in [-0.2, -0.15) is 0 Å². The number of hydrogen-bond donors (Lipinski definition) is 0. The summed E-state index contributed by atoms with van der Waals surface area (Å²) < 4.78 is 12.9. The molecule has 0 unspecified atom stereocenters. The SMILES string of the molecule is O=C(c1ccccc1)c1cccc([18F])c1. The molecule has 0 saturated carbocycles. The van der Waals surface area contributed by atoms with E-state index >= 15 is 0 Å². The van der Waals surface area contributed by atoms with Gasteiger partial charge in [0.15, 0.2) is 5.78 Å². The van der Waals surface area contributed by atoms with E-state index in [-0.39, 0.29) is 5.78 Å². The molecule has 0 radical (unpaired) electrons. The molecule has 2 aromatic rings. The van der Waals surface area contributed by atoms with Crippen LogP contribution in [0, 0.1) is 5.82 Å². The van der Waals surface area contributed by atoms with E-state index in [9.17, 15) is 9.18 Å². The standard InChI is InChI=1S/C13H9FO/c14-12-8-4-7-11(9-12)13(15)10-5-2-1-3-6-10/h1-9H/i14-1. The summed E-state index contributed by atoms with van der Waals surface area (Å²) in [7, 11) is 0. The highest BCUT2D eigenvalue weighted by atomic mass is 18.2. The molecule has 2 rings (SSSR count). The van der Waals surface area contributed by atoms with Gasteiger partial charge in [-0.3, -0.25) is 4.79 Å². The number of benzene rings is 2. The monoisotopic (exact) mass is 199 g/mol. The van der Waals surface area contributed by atoms with Crippen LogP contribution in [0.25, 0.3) is 0 Å². The quantitative estimate of drug-likeness (QED) is 0.679. The molecule has 0 aliphatic rings. The summed E-state index contributed by atoms with van der Waals surface area (Å²) in [5.74, 6) is -0.549. The maximum absolute atomic E-state index is 12.9. The minimum atomic E-state index is -0.392. The van der Waals surface area contributed by atoms with E-state index in [2.05, 4.69) is 0 Å². The highest BCUT2D eigenvalue weighted by Gasteiger charge is 2.08. The zero-order chi connectivity index (χ0) is 10.7. The normalized spacial score (nSPS) is 9.93. The third-order valence-electron chi connectivity index (χ3n) is 2.12. The molecule has 0 aromatic heterocycles. The van der Waals surface area contributed by atoms with Crippen molar-refractivity contribution in [2.24, 2.45) is 0 Å². The third-order valence-corrected chi connectivity index (χ3v) is 2.12. The van der Waals surface area contributed by atoms with Crippen molar-refractivity contribution in [3.8, 4) is 0 Å². The maximum Gasteiger partial charge on any atom is 0.193 e. The number of carbonyl (C=O) groups is 1. The smallest absolute Gasteiger partial charge is 0.193 e. The van der Waals surface area contributed by atoms with Crippen LogP contribution in [-0.2, 0) is 0 Å². The molecule has 0 saturated heterocycles. The van der Waals surface area contributed by atoms with Crippen molar-refractivity contribution >= 4 is 5.78 Å². The molecule has 0 aliphatic heterocycles. The second-order valence-corrected chi connectivity index (χ2v) is 3.21. The van der Waals surface area contributed by atoms with Gasteiger partial charge in [0.25, 0.3) is 0 Å². The average Bonchev–Trinajstić information content (AvgIpc) is 2.29. The molecule has 0 aliphatic carbocycles. The average molecular weight is 199 g/mol. The Hall–Kier alpha value is -1.96. The lowest BCUT2D eigenvalue weighted by atomic mass is 10.0. The highest BCUT2D eigenvalue weighted by molar-refractivity contribution is 6.08. The highest BCUT2D eigenvalue weighted by Crippen LogP contribution is 2.10. The molecule has 2 aromatic carbocycles. The number of rotatable bonds is 2. The van der Waals surface area contributed by atoms with Crippen molar-refractivity contribution in [2.75, 3.05) is 0 Å². The number of halogens is 1. The molecule has 0 heterocycles. The second-order valence-electron chi connectivity index (χ2n) is 3.21. The summed E-state index contributed by atoms with van der Waals surface area (Å²) in [4.78, 5) is 11.8. The van der Waals surface area contributed by atoms with Crippen molar-refractivity contribution in [3.05, 3.63) is 71.5 Å². The lowest BCUT2D eigenvalue weighted by Crippen LogP contribution is -2.00. The van der Waals surface area contributed by atoms with Crippen molar-refractivity contribution < 1.29 is 9.18 Å². The van der Waals surface area contributed by atoms with Gasteiger partial charge in [-0.1, -0.05) is 42.5 Å². The third kappa shape index (κ3) is 2.10. The molecule has 1 nitrogen and oxygen atoms in total. The lowest BCUT2D eigenvalue weighted by Gasteiger charge is -2.00. The fraction of sp³-hybridized carbons (Fsp3) is 0. The molecule has 0 N–H and O–H groups in total. The van der Waals surface area contributed by atoms with Gasteiger partial charge in [0.1, 0.15) is 5.82 Å². The summed E-state index contributed by atoms with van der Waals surface area (Å²) in [6.45, 7) is 0. The van der Waals surface area contributed by atoms with E-state index in [1.165, 1.54) is 18.2 Å². The van der Waals surface area contributed by atoms with E-state index in [0.29, 0.717) is 11.1 Å². The minimum Gasteiger partial charge on any atom is -0.289 e. The molecule has 0 spiro atoms. The van der Waals surface area contributed by atoms with E-state index in [1.54, 1.807) is 30.3 Å². The van der Waals surface area contributed by atoms with Gasteiger partial charge < -0.3 is 0 Å². The van der Waals surface area contributed by atoms with E-state index < -0.39 is 5.82 Å². The van der Waals surface area contributed by atoms with Gasteiger partial charge in [0, 0.05) is 11.1 Å². The second kappa shape index (κ2) is 4.05. The Labute approximate surface area is 87.2 Å². The van der Waals surface area contributed by atoms with Crippen LogP contribution in [-0.4, -0.2) is 5.78 Å². The largest absolute Gasteiger partial charge is 0.289 e. The zero-order valence-electron chi connectivity index (χ0n) is 7.98. The van der Waals surface area contributed by atoms with Gasteiger partial charge in [-0.05, 0) is 12.1 Å². The Balaban J connectivity index is 2.37.